The third-order valence-electron chi connectivity index (χ3n) is 0.333. The molecule has 0 amide bonds. The summed E-state index contributed by atoms with van der Waals surface area (Å²) in [5, 5.41) is 0. The van der Waals surface area contributed by atoms with Crippen molar-refractivity contribution in [3.05, 3.63) is 12.2 Å². The average Bonchev–Trinajstić information content (AvgIpc) is 2.51. The molecule has 0 aliphatic rings. The van der Waals surface area contributed by atoms with Crippen LogP contribution in [-0.4, -0.2) is 0 Å². The van der Waals surface area contributed by atoms with Gasteiger partial charge in [0.2, 0.25) is 0 Å². The molecule has 108 valence electrons. The van der Waals surface area contributed by atoms with Gasteiger partial charge in [0.15, 0.2) is 0 Å². The van der Waals surface area contributed by atoms with E-state index in [0.717, 1.165) is 0 Å². The van der Waals surface area contributed by atoms with E-state index in [2.05, 4.69) is 0 Å². The van der Waals surface area contributed by atoms with Gasteiger partial charge in [-0.3, -0.25) is 0 Å². The Bertz CT molecular complexity index is 15.2. The molecule has 0 nitrogen and oxygen atoms in total. The minimum Gasteiger partial charge on any atom is -0.0919 e. The molecule has 0 aromatic carbocycles. The zero-order valence-electron chi connectivity index (χ0n) is 15.2. The smallest absolute Gasteiger partial charge is 0.0470 e. The fourth-order valence-electron chi connectivity index (χ4n) is 0. The standard InChI is InChI=1S/C4H8.6C2H6/c1-3-4-2;6*1-2/h3-4H,1-2H3;6*1-2H3. The molecule has 0 aliphatic carbocycles. The highest BCUT2D eigenvalue weighted by Crippen LogP contribution is 1.57. The lowest BCUT2D eigenvalue weighted by molar-refractivity contribution is 1.50. The summed E-state index contributed by atoms with van der Waals surface area (Å²) in [5.74, 6) is 0. The van der Waals surface area contributed by atoms with E-state index >= 15 is 0 Å². The Kier molecular flexibility index (Phi) is 2570. The lowest BCUT2D eigenvalue weighted by atomic mass is 10.6. The van der Waals surface area contributed by atoms with Gasteiger partial charge in [0.05, 0.1) is 0 Å². The van der Waals surface area contributed by atoms with Crippen LogP contribution >= 0.6 is 0 Å². The van der Waals surface area contributed by atoms with Gasteiger partial charge in [-0.15, -0.1) is 0 Å². The van der Waals surface area contributed by atoms with E-state index in [1.54, 1.807) is 0 Å². The van der Waals surface area contributed by atoms with Crippen LogP contribution in [0.5, 0.6) is 0 Å². The second kappa shape index (κ2) is 919. The Morgan fingerprint density at radius 3 is 0.375 bits per heavy atom. The molecular weight excluding hydrogens is 192 g/mol. The quantitative estimate of drug-likeness (QED) is 0.377. The number of rotatable bonds is 0. The fraction of sp³-hybridized carbons (Fsp3) is 0.875. The molecule has 0 atom stereocenters. The zero-order valence-corrected chi connectivity index (χ0v) is 15.2. The second-order valence-corrected chi connectivity index (χ2v) is 0.667. The van der Waals surface area contributed by atoms with Gasteiger partial charge in [0.25, 0.3) is 0 Å². The molecule has 0 saturated carbocycles. The van der Waals surface area contributed by atoms with Crippen LogP contribution in [0.2, 0.25) is 0 Å². The minimum absolute atomic E-state index is 2.00. The summed E-state index contributed by atoms with van der Waals surface area (Å²) in [7, 11) is 0. The summed E-state index contributed by atoms with van der Waals surface area (Å²) in [4.78, 5) is 0. The van der Waals surface area contributed by atoms with E-state index in [4.69, 9.17) is 0 Å². The maximum atomic E-state index is 2.00. The molecule has 0 bridgehead atoms. The molecular formula is C16H44. The first kappa shape index (κ1) is 44.8. The molecule has 0 aromatic heterocycles. The largest absolute Gasteiger partial charge is 0.0919 e. The Balaban J connectivity index is -0.0000000122. The van der Waals surface area contributed by atoms with Crippen molar-refractivity contribution in [3.63, 3.8) is 0 Å². The van der Waals surface area contributed by atoms with E-state index in [-0.39, 0.29) is 0 Å². The number of hydrogen-bond acceptors (Lipinski definition) is 0. The van der Waals surface area contributed by atoms with Crippen LogP contribution < -0.4 is 0 Å². The van der Waals surface area contributed by atoms with Gasteiger partial charge in [0, 0.05) is 0 Å². The molecule has 16 heavy (non-hydrogen) atoms. The molecule has 0 aromatic rings. The monoisotopic (exact) mass is 236 g/mol. The first-order chi connectivity index (χ1) is 7.91. The van der Waals surface area contributed by atoms with Crippen molar-refractivity contribution in [2.24, 2.45) is 0 Å². The van der Waals surface area contributed by atoms with Gasteiger partial charge in [-0.05, 0) is 13.8 Å². The summed E-state index contributed by atoms with van der Waals surface area (Å²) >= 11 is 0. The Morgan fingerprint density at radius 1 is 0.312 bits per heavy atom. The lowest BCUT2D eigenvalue weighted by Gasteiger charge is -1.49. The van der Waals surface area contributed by atoms with Gasteiger partial charge in [-0.1, -0.05) is 95.2 Å². The molecule has 0 fully saturated rings. The third-order valence-corrected chi connectivity index (χ3v) is 0.333. The normalized spacial score (nSPS) is 4.62. The molecule has 0 spiro atoms. The SMILES string of the molecule is CC.CC.CC.CC.CC.CC.CC=CC. The summed E-state index contributed by atoms with van der Waals surface area (Å²) in [6.07, 6.45) is 4.00. The second-order valence-electron chi connectivity index (χ2n) is 0.667. The van der Waals surface area contributed by atoms with E-state index < -0.39 is 0 Å². The van der Waals surface area contributed by atoms with Gasteiger partial charge >= 0.3 is 0 Å². The van der Waals surface area contributed by atoms with E-state index in [1.807, 2.05) is 109 Å². The van der Waals surface area contributed by atoms with Gasteiger partial charge in [0.1, 0.15) is 0 Å². The number of hydrogen-bond donors (Lipinski definition) is 0. The van der Waals surface area contributed by atoms with Crippen molar-refractivity contribution in [2.75, 3.05) is 0 Å². The van der Waals surface area contributed by atoms with Crippen LogP contribution in [0.15, 0.2) is 12.2 Å². The predicted molar refractivity (Wildman–Crippen MR) is 88.6 cm³/mol. The maximum Gasteiger partial charge on any atom is -0.0470 e. The summed E-state index contributed by atoms with van der Waals surface area (Å²) < 4.78 is 0. The molecule has 0 heteroatoms. The van der Waals surface area contributed by atoms with Crippen LogP contribution in [0, 0.1) is 0 Å². The highest BCUT2D eigenvalue weighted by Gasteiger charge is 1.34. The molecule has 0 unspecified atom stereocenters. The van der Waals surface area contributed by atoms with E-state index in [9.17, 15) is 0 Å². The topological polar surface area (TPSA) is 0 Å². The lowest BCUT2D eigenvalue weighted by Crippen LogP contribution is -1.26. The van der Waals surface area contributed by atoms with E-state index in [1.165, 1.54) is 0 Å². The number of allylic oxidation sites excluding steroid dienone is 2. The van der Waals surface area contributed by atoms with Gasteiger partial charge in [-0.2, -0.15) is 0 Å². The van der Waals surface area contributed by atoms with Crippen LogP contribution in [-0.2, 0) is 0 Å². The van der Waals surface area contributed by atoms with Crippen molar-refractivity contribution in [3.8, 4) is 0 Å². The van der Waals surface area contributed by atoms with Crippen molar-refractivity contribution in [1.29, 1.82) is 0 Å². The first-order valence-corrected chi connectivity index (χ1v) is 7.49. The molecule has 0 aliphatic heterocycles. The molecule has 0 rings (SSSR count). The summed E-state index contributed by atoms with van der Waals surface area (Å²) in [6, 6.07) is 0. The molecule has 0 heterocycles. The Morgan fingerprint density at radius 2 is 0.375 bits per heavy atom. The average molecular weight is 237 g/mol. The molecule has 0 saturated heterocycles. The highest BCUT2D eigenvalue weighted by atomic mass is 13.4. The van der Waals surface area contributed by atoms with Crippen molar-refractivity contribution >= 4 is 0 Å². The molecule has 0 radical (unpaired) electrons. The highest BCUT2D eigenvalue weighted by molar-refractivity contribution is 4.68. The maximum absolute atomic E-state index is 2.00. The predicted octanol–water partition coefficient (Wildman–Crippen LogP) is 7.74. The van der Waals surface area contributed by atoms with Crippen molar-refractivity contribution in [2.45, 2.75) is 96.9 Å². The van der Waals surface area contributed by atoms with Crippen LogP contribution in [0.1, 0.15) is 96.9 Å². The fourth-order valence-corrected chi connectivity index (χ4v) is 0. The van der Waals surface area contributed by atoms with Crippen molar-refractivity contribution < 1.29 is 0 Å². The van der Waals surface area contributed by atoms with E-state index in [0.29, 0.717) is 0 Å². The molecule has 0 N–H and O–H groups in total. The Hall–Kier alpha value is -0.260. The van der Waals surface area contributed by atoms with Gasteiger partial charge in [-0.25, -0.2) is 0 Å². The minimum atomic E-state index is 2.00. The van der Waals surface area contributed by atoms with Crippen LogP contribution in [0.4, 0.5) is 0 Å². The first-order valence-electron chi connectivity index (χ1n) is 7.49. The van der Waals surface area contributed by atoms with Crippen molar-refractivity contribution in [1.82, 2.24) is 0 Å². The third kappa shape index (κ3) is 4070. The zero-order chi connectivity index (χ0) is 15.4. The van der Waals surface area contributed by atoms with Crippen LogP contribution in [0.3, 0.4) is 0 Å². The summed E-state index contributed by atoms with van der Waals surface area (Å²) in [6.45, 7) is 28.0. The van der Waals surface area contributed by atoms with Crippen LogP contribution in [0.25, 0.3) is 0 Å². The van der Waals surface area contributed by atoms with Gasteiger partial charge < -0.3 is 0 Å². The summed E-state index contributed by atoms with van der Waals surface area (Å²) in [5.41, 5.74) is 0. The Labute approximate surface area is 110 Å².